The number of aromatic nitrogens is 2. The SMILES string of the molecule is CC(C)CN(CCC(=O)N[C@H](C)c1ccccc1)c1nc(-c2ccco2)nc2cc(Cl)ccc12. The lowest BCUT2D eigenvalue weighted by Gasteiger charge is -2.27. The van der Waals surface area contributed by atoms with Crippen LogP contribution in [0.25, 0.3) is 22.5 Å². The topological polar surface area (TPSA) is 71.3 Å². The smallest absolute Gasteiger partial charge is 0.222 e. The molecule has 4 aromatic rings. The second kappa shape index (κ2) is 10.7. The molecule has 34 heavy (non-hydrogen) atoms. The van der Waals surface area contributed by atoms with Gasteiger partial charge in [-0.3, -0.25) is 4.79 Å². The number of furan rings is 1. The fraction of sp³-hybridized carbons (Fsp3) is 0.296. The van der Waals surface area contributed by atoms with E-state index in [1.165, 1.54) is 0 Å². The molecule has 1 atom stereocenters. The predicted octanol–water partition coefficient (Wildman–Crippen LogP) is 6.27. The van der Waals surface area contributed by atoms with E-state index >= 15 is 0 Å². The molecular weight excluding hydrogens is 448 g/mol. The van der Waals surface area contributed by atoms with E-state index in [0.29, 0.717) is 35.5 Å². The lowest BCUT2D eigenvalue weighted by Crippen LogP contribution is -2.34. The largest absolute Gasteiger partial charge is 0.461 e. The highest BCUT2D eigenvalue weighted by molar-refractivity contribution is 6.31. The van der Waals surface area contributed by atoms with Gasteiger partial charge in [0.15, 0.2) is 11.6 Å². The molecule has 1 amide bonds. The van der Waals surface area contributed by atoms with Crippen LogP contribution in [0.4, 0.5) is 5.82 Å². The van der Waals surface area contributed by atoms with E-state index in [1.54, 1.807) is 6.26 Å². The Bertz CT molecular complexity index is 1240. The molecule has 2 aromatic heterocycles. The first-order valence-electron chi connectivity index (χ1n) is 11.5. The molecule has 0 unspecified atom stereocenters. The predicted molar refractivity (Wildman–Crippen MR) is 137 cm³/mol. The van der Waals surface area contributed by atoms with Crippen LogP contribution >= 0.6 is 11.6 Å². The summed E-state index contributed by atoms with van der Waals surface area (Å²) >= 11 is 6.26. The monoisotopic (exact) mass is 476 g/mol. The maximum absolute atomic E-state index is 12.8. The number of anilines is 1. The van der Waals surface area contributed by atoms with E-state index in [4.69, 9.17) is 21.0 Å². The molecule has 0 aliphatic heterocycles. The summed E-state index contributed by atoms with van der Waals surface area (Å²) < 4.78 is 5.56. The molecule has 0 aliphatic carbocycles. The molecule has 2 heterocycles. The van der Waals surface area contributed by atoms with Crippen LogP contribution in [0.1, 0.15) is 38.8 Å². The van der Waals surface area contributed by atoms with E-state index in [2.05, 4.69) is 29.0 Å². The first-order valence-corrected chi connectivity index (χ1v) is 11.9. The molecule has 0 radical (unpaired) electrons. The Morgan fingerprint density at radius 3 is 2.56 bits per heavy atom. The number of benzene rings is 2. The summed E-state index contributed by atoms with van der Waals surface area (Å²) in [6, 6.07) is 19.2. The van der Waals surface area contributed by atoms with Gasteiger partial charge in [-0.25, -0.2) is 9.97 Å². The second-order valence-corrected chi connectivity index (χ2v) is 9.24. The summed E-state index contributed by atoms with van der Waals surface area (Å²) in [5.41, 5.74) is 1.82. The minimum absolute atomic E-state index is 0.00206. The van der Waals surface area contributed by atoms with E-state index in [1.807, 2.05) is 67.6 Å². The fourth-order valence-electron chi connectivity index (χ4n) is 3.94. The molecule has 6 nitrogen and oxygen atoms in total. The van der Waals surface area contributed by atoms with E-state index in [0.717, 1.165) is 28.8 Å². The van der Waals surface area contributed by atoms with Crippen molar-refractivity contribution in [2.45, 2.75) is 33.2 Å². The molecule has 4 rings (SSSR count). The Morgan fingerprint density at radius 1 is 1.06 bits per heavy atom. The summed E-state index contributed by atoms with van der Waals surface area (Å²) in [6.07, 6.45) is 1.95. The third-order valence-corrected chi connectivity index (χ3v) is 5.79. The van der Waals surface area contributed by atoms with Crippen LogP contribution in [0.5, 0.6) is 0 Å². The summed E-state index contributed by atoms with van der Waals surface area (Å²) in [5.74, 6) is 2.21. The number of hydrogen-bond donors (Lipinski definition) is 1. The Morgan fingerprint density at radius 2 is 1.85 bits per heavy atom. The summed E-state index contributed by atoms with van der Waals surface area (Å²) in [7, 11) is 0. The molecule has 0 saturated carbocycles. The Labute approximate surface area is 205 Å². The zero-order valence-electron chi connectivity index (χ0n) is 19.7. The highest BCUT2D eigenvalue weighted by Crippen LogP contribution is 2.30. The number of amides is 1. The van der Waals surface area contributed by atoms with Crippen molar-refractivity contribution in [3.05, 3.63) is 77.5 Å². The number of fused-ring (bicyclic) bond motifs is 1. The van der Waals surface area contributed by atoms with Crippen molar-refractivity contribution >= 4 is 34.2 Å². The van der Waals surface area contributed by atoms with Gasteiger partial charge < -0.3 is 14.6 Å². The highest BCUT2D eigenvalue weighted by atomic mass is 35.5. The lowest BCUT2D eigenvalue weighted by molar-refractivity contribution is -0.121. The fourth-order valence-corrected chi connectivity index (χ4v) is 4.11. The van der Waals surface area contributed by atoms with Crippen molar-refractivity contribution in [1.82, 2.24) is 15.3 Å². The van der Waals surface area contributed by atoms with Gasteiger partial charge in [-0.05, 0) is 48.7 Å². The van der Waals surface area contributed by atoms with Crippen molar-refractivity contribution in [3.8, 4) is 11.6 Å². The van der Waals surface area contributed by atoms with Crippen molar-refractivity contribution in [1.29, 1.82) is 0 Å². The van der Waals surface area contributed by atoms with Crippen molar-refractivity contribution in [2.75, 3.05) is 18.0 Å². The normalized spacial score (nSPS) is 12.1. The molecule has 0 spiro atoms. The third kappa shape index (κ3) is 5.75. The molecule has 0 fully saturated rings. The highest BCUT2D eigenvalue weighted by Gasteiger charge is 2.19. The number of carbonyl (C=O) groups excluding carboxylic acids is 1. The Kier molecular flexibility index (Phi) is 7.48. The molecule has 7 heteroatoms. The molecule has 1 N–H and O–H groups in total. The maximum atomic E-state index is 12.8. The molecule has 0 bridgehead atoms. The number of hydrogen-bond acceptors (Lipinski definition) is 5. The average Bonchev–Trinajstić information content (AvgIpc) is 3.36. The Balaban J connectivity index is 1.60. The summed E-state index contributed by atoms with van der Waals surface area (Å²) in [4.78, 5) is 24.5. The van der Waals surface area contributed by atoms with Crippen LogP contribution in [0.15, 0.2) is 71.3 Å². The molecule has 2 aromatic carbocycles. The maximum Gasteiger partial charge on any atom is 0.222 e. The molecule has 176 valence electrons. The van der Waals surface area contributed by atoms with Gasteiger partial charge in [0.2, 0.25) is 5.91 Å². The van der Waals surface area contributed by atoms with E-state index in [9.17, 15) is 4.79 Å². The van der Waals surface area contributed by atoms with Crippen LogP contribution in [0.3, 0.4) is 0 Å². The Hall–Kier alpha value is -3.38. The minimum Gasteiger partial charge on any atom is -0.461 e. The zero-order chi connectivity index (χ0) is 24.1. The number of nitrogens with one attached hydrogen (secondary N) is 1. The van der Waals surface area contributed by atoms with Gasteiger partial charge in [-0.15, -0.1) is 0 Å². The van der Waals surface area contributed by atoms with Crippen molar-refractivity contribution in [3.63, 3.8) is 0 Å². The quantitative estimate of drug-likeness (QED) is 0.308. The molecule has 0 saturated heterocycles. The standard InChI is InChI=1S/C27H29ClN4O2/c1-18(2)17-32(14-13-25(33)29-19(3)20-8-5-4-6-9-20)27-22-12-11-21(28)16-23(22)30-26(31-27)24-10-7-15-34-24/h4-12,15-16,18-19H,13-14,17H2,1-3H3,(H,29,33)/t19-/m1/s1. The van der Waals surface area contributed by atoms with Gasteiger partial charge in [-0.2, -0.15) is 0 Å². The number of carbonyl (C=O) groups is 1. The second-order valence-electron chi connectivity index (χ2n) is 8.80. The number of rotatable bonds is 9. The molecular formula is C27H29ClN4O2. The third-order valence-electron chi connectivity index (χ3n) is 5.55. The first kappa shape index (κ1) is 23.8. The minimum atomic E-state index is -0.0557. The zero-order valence-corrected chi connectivity index (χ0v) is 20.4. The van der Waals surface area contributed by atoms with Crippen LogP contribution in [0.2, 0.25) is 5.02 Å². The lowest BCUT2D eigenvalue weighted by atomic mass is 10.1. The van der Waals surface area contributed by atoms with Crippen LogP contribution in [-0.2, 0) is 4.79 Å². The molecule has 0 aliphatic rings. The van der Waals surface area contributed by atoms with Crippen LogP contribution < -0.4 is 10.2 Å². The number of nitrogens with zero attached hydrogens (tertiary/aromatic N) is 3. The van der Waals surface area contributed by atoms with Crippen LogP contribution in [0, 0.1) is 5.92 Å². The first-order chi connectivity index (χ1) is 16.4. The van der Waals surface area contributed by atoms with E-state index < -0.39 is 0 Å². The van der Waals surface area contributed by atoms with Crippen molar-refractivity contribution < 1.29 is 9.21 Å². The summed E-state index contributed by atoms with van der Waals surface area (Å²) in [5, 5.41) is 4.60. The summed E-state index contributed by atoms with van der Waals surface area (Å²) in [6.45, 7) is 7.57. The van der Waals surface area contributed by atoms with Crippen LogP contribution in [-0.4, -0.2) is 29.0 Å². The van der Waals surface area contributed by atoms with Gasteiger partial charge in [-0.1, -0.05) is 55.8 Å². The van der Waals surface area contributed by atoms with Gasteiger partial charge in [0.25, 0.3) is 0 Å². The van der Waals surface area contributed by atoms with Gasteiger partial charge in [0.05, 0.1) is 17.8 Å². The van der Waals surface area contributed by atoms with E-state index in [-0.39, 0.29) is 11.9 Å². The average molecular weight is 477 g/mol. The van der Waals surface area contributed by atoms with Crippen molar-refractivity contribution in [2.24, 2.45) is 5.92 Å². The van der Waals surface area contributed by atoms with Gasteiger partial charge in [0.1, 0.15) is 5.82 Å². The van der Waals surface area contributed by atoms with Gasteiger partial charge in [0, 0.05) is 29.9 Å². The number of halogens is 1. The van der Waals surface area contributed by atoms with Gasteiger partial charge >= 0.3 is 0 Å².